The van der Waals surface area contributed by atoms with Crippen LogP contribution in [-0.2, 0) is 4.74 Å². The van der Waals surface area contributed by atoms with Crippen LogP contribution in [0.25, 0.3) is 0 Å². The van der Waals surface area contributed by atoms with E-state index in [1.54, 1.807) is 0 Å². The molecule has 0 radical (unpaired) electrons. The lowest BCUT2D eigenvalue weighted by Gasteiger charge is -2.32. The van der Waals surface area contributed by atoms with Crippen LogP contribution >= 0.6 is 0 Å². The van der Waals surface area contributed by atoms with Crippen molar-refractivity contribution in [3.8, 4) is 0 Å². The maximum absolute atomic E-state index is 9.08. The standard InChI is InChI=1S/C11H24N2O2/c1-11(12,9-14)8-13(2)7-10-3-5-15-6-4-10/h10,14H,3-9,12H2,1-2H3. The van der Waals surface area contributed by atoms with Gasteiger partial charge < -0.3 is 20.5 Å². The van der Waals surface area contributed by atoms with Crippen LogP contribution in [0.2, 0.25) is 0 Å². The fraction of sp³-hybridized carbons (Fsp3) is 1.00. The summed E-state index contributed by atoms with van der Waals surface area (Å²) >= 11 is 0. The summed E-state index contributed by atoms with van der Waals surface area (Å²) in [5.74, 6) is 0.721. The molecule has 0 aromatic heterocycles. The Bertz CT molecular complexity index is 179. The van der Waals surface area contributed by atoms with Gasteiger partial charge in [-0.1, -0.05) is 0 Å². The average Bonchev–Trinajstić information content (AvgIpc) is 2.18. The summed E-state index contributed by atoms with van der Waals surface area (Å²) in [6.07, 6.45) is 2.29. The molecule has 1 rings (SSSR count). The highest BCUT2D eigenvalue weighted by Crippen LogP contribution is 2.16. The second-order valence-corrected chi connectivity index (χ2v) is 5.06. The van der Waals surface area contributed by atoms with Gasteiger partial charge in [0.2, 0.25) is 0 Å². The topological polar surface area (TPSA) is 58.7 Å². The first-order valence-electron chi connectivity index (χ1n) is 5.69. The zero-order chi connectivity index (χ0) is 11.3. The van der Waals surface area contributed by atoms with E-state index in [-0.39, 0.29) is 6.61 Å². The fourth-order valence-corrected chi connectivity index (χ4v) is 2.10. The SMILES string of the molecule is CN(CC1CCOCC1)CC(C)(N)CO. The minimum absolute atomic E-state index is 0.0329. The molecule has 0 aliphatic carbocycles. The molecule has 1 aliphatic rings. The highest BCUT2D eigenvalue weighted by Gasteiger charge is 2.22. The highest BCUT2D eigenvalue weighted by molar-refractivity contribution is 4.81. The van der Waals surface area contributed by atoms with Gasteiger partial charge in [0.15, 0.2) is 0 Å². The number of aliphatic hydroxyl groups is 1. The Hall–Kier alpha value is -0.160. The molecule has 1 heterocycles. The molecule has 0 amide bonds. The first-order chi connectivity index (χ1) is 7.03. The van der Waals surface area contributed by atoms with E-state index < -0.39 is 5.54 Å². The summed E-state index contributed by atoms with van der Waals surface area (Å²) < 4.78 is 5.32. The Morgan fingerprint density at radius 3 is 2.60 bits per heavy atom. The van der Waals surface area contributed by atoms with Crippen molar-refractivity contribution >= 4 is 0 Å². The molecule has 1 unspecified atom stereocenters. The predicted molar refractivity (Wildman–Crippen MR) is 60.7 cm³/mol. The Labute approximate surface area is 92.4 Å². The summed E-state index contributed by atoms with van der Waals surface area (Å²) in [6, 6.07) is 0. The normalized spacial score (nSPS) is 23.0. The van der Waals surface area contributed by atoms with Crippen molar-refractivity contribution < 1.29 is 9.84 Å². The van der Waals surface area contributed by atoms with E-state index in [0.717, 1.165) is 45.1 Å². The third-order valence-corrected chi connectivity index (χ3v) is 2.90. The third-order valence-electron chi connectivity index (χ3n) is 2.90. The molecule has 1 aliphatic heterocycles. The van der Waals surface area contributed by atoms with E-state index in [1.165, 1.54) is 0 Å². The largest absolute Gasteiger partial charge is 0.394 e. The lowest BCUT2D eigenvalue weighted by molar-refractivity contribution is 0.0515. The molecule has 0 aromatic rings. The molecule has 1 fully saturated rings. The van der Waals surface area contributed by atoms with Crippen LogP contribution in [0.1, 0.15) is 19.8 Å². The van der Waals surface area contributed by atoms with Gasteiger partial charge in [-0.3, -0.25) is 0 Å². The maximum Gasteiger partial charge on any atom is 0.0621 e. The number of ether oxygens (including phenoxy) is 1. The Balaban J connectivity index is 2.25. The Kier molecular flexibility index (Phi) is 4.99. The zero-order valence-electron chi connectivity index (χ0n) is 9.91. The van der Waals surface area contributed by atoms with E-state index >= 15 is 0 Å². The van der Waals surface area contributed by atoms with Gasteiger partial charge in [-0.05, 0) is 32.7 Å². The van der Waals surface area contributed by atoms with Gasteiger partial charge in [0.1, 0.15) is 0 Å². The smallest absolute Gasteiger partial charge is 0.0621 e. The Morgan fingerprint density at radius 2 is 2.07 bits per heavy atom. The lowest BCUT2D eigenvalue weighted by atomic mass is 9.98. The number of aliphatic hydroxyl groups excluding tert-OH is 1. The van der Waals surface area contributed by atoms with Crippen LogP contribution in [0, 0.1) is 5.92 Å². The molecule has 15 heavy (non-hydrogen) atoms. The molecule has 0 saturated carbocycles. The summed E-state index contributed by atoms with van der Waals surface area (Å²) in [5, 5.41) is 9.08. The molecule has 4 nitrogen and oxygen atoms in total. The number of hydrogen-bond acceptors (Lipinski definition) is 4. The van der Waals surface area contributed by atoms with Crippen molar-refractivity contribution in [2.24, 2.45) is 11.7 Å². The molecule has 0 aromatic carbocycles. The number of likely N-dealkylation sites (N-methyl/N-ethyl adjacent to an activating group) is 1. The second kappa shape index (κ2) is 5.80. The van der Waals surface area contributed by atoms with Crippen LogP contribution < -0.4 is 5.73 Å². The van der Waals surface area contributed by atoms with Crippen molar-refractivity contribution in [1.82, 2.24) is 4.90 Å². The minimum Gasteiger partial charge on any atom is -0.394 e. The molecular formula is C11H24N2O2. The van der Waals surface area contributed by atoms with Crippen molar-refractivity contribution in [3.63, 3.8) is 0 Å². The van der Waals surface area contributed by atoms with Gasteiger partial charge in [-0.2, -0.15) is 0 Å². The summed E-state index contributed by atoms with van der Waals surface area (Å²) in [5.41, 5.74) is 5.42. The van der Waals surface area contributed by atoms with Crippen LogP contribution in [0.5, 0.6) is 0 Å². The van der Waals surface area contributed by atoms with Gasteiger partial charge in [-0.15, -0.1) is 0 Å². The predicted octanol–water partition coefficient (Wildman–Crippen LogP) is 0.0545. The first-order valence-corrected chi connectivity index (χ1v) is 5.69. The van der Waals surface area contributed by atoms with Gasteiger partial charge in [-0.25, -0.2) is 0 Å². The van der Waals surface area contributed by atoms with E-state index in [0.29, 0.717) is 0 Å². The number of nitrogens with two attached hydrogens (primary N) is 1. The summed E-state index contributed by atoms with van der Waals surface area (Å²) in [7, 11) is 2.07. The molecule has 4 heteroatoms. The van der Waals surface area contributed by atoms with Gasteiger partial charge in [0.05, 0.1) is 6.61 Å². The van der Waals surface area contributed by atoms with E-state index in [1.807, 2.05) is 6.92 Å². The number of rotatable bonds is 5. The molecular weight excluding hydrogens is 192 g/mol. The Morgan fingerprint density at radius 1 is 1.47 bits per heavy atom. The maximum atomic E-state index is 9.08. The first kappa shape index (κ1) is 12.9. The third kappa shape index (κ3) is 4.93. The number of nitrogens with zero attached hydrogens (tertiary/aromatic N) is 1. The van der Waals surface area contributed by atoms with Crippen molar-refractivity contribution in [3.05, 3.63) is 0 Å². The molecule has 1 saturated heterocycles. The van der Waals surface area contributed by atoms with Crippen molar-refractivity contribution in [1.29, 1.82) is 0 Å². The highest BCUT2D eigenvalue weighted by atomic mass is 16.5. The van der Waals surface area contributed by atoms with Crippen molar-refractivity contribution in [2.45, 2.75) is 25.3 Å². The van der Waals surface area contributed by atoms with Crippen LogP contribution in [0.15, 0.2) is 0 Å². The van der Waals surface area contributed by atoms with E-state index in [4.69, 9.17) is 15.6 Å². The number of hydrogen-bond donors (Lipinski definition) is 2. The molecule has 90 valence electrons. The van der Waals surface area contributed by atoms with E-state index in [9.17, 15) is 0 Å². The summed E-state index contributed by atoms with van der Waals surface area (Å²) in [4.78, 5) is 2.21. The van der Waals surface area contributed by atoms with Gasteiger partial charge in [0.25, 0.3) is 0 Å². The van der Waals surface area contributed by atoms with Gasteiger partial charge >= 0.3 is 0 Å². The fourth-order valence-electron chi connectivity index (χ4n) is 2.10. The monoisotopic (exact) mass is 216 g/mol. The second-order valence-electron chi connectivity index (χ2n) is 5.06. The summed E-state index contributed by atoms with van der Waals surface area (Å²) in [6.45, 7) is 5.48. The lowest BCUT2D eigenvalue weighted by Crippen LogP contribution is -2.50. The van der Waals surface area contributed by atoms with E-state index in [2.05, 4.69) is 11.9 Å². The molecule has 0 bridgehead atoms. The minimum atomic E-state index is -0.486. The molecule has 0 spiro atoms. The van der Waals surface area contributed by atoms with Crippen LogP contribution in [-0.4, -0.2) is 55.5 Å². The molecule has 3 N–H and O–H groups in total. The van der Waals surface area contributed by atoms with Crippen LogP contribution in [0.4, 0.5) is 0 Å². The quantitative estimate of drug-likeness (QED) is 0.682. The molecule has 1 atom stereocenters. The van der Waals surface area contributed by atoms with Crippen LogP contribution in [0.3, 0.4) is 0 Å². The van der Waals surface area contributed by atoms with Gasteiger partial charge in [0, 0.05) is 31.8 Å². The zero-order valence-corrected chi connectivity index (χ0v) is 9.91. The average molecular weight is 216 g/mol. The van der Waals surface area contributed by atoms with Crippen molar-refractivity contribution in [2.75, 3.05) is 40.0 Å².